The molecule has 4 rings (SSSR count). The Bertz CT molecular complexity index is 704. The number of carbonyl (C=O) groups excluding carboxylic acids is 1. The molecular weight excluding hydrogens is 276 g/mol. The molecule has 1 saturated carbocycles. The molecule has 1 aromatic carbocycles. The first kappa shape index (κ1) is 13.6. The van der Waals surface area contributed by atoms with Gasteiger partial charge in [0, 0.05) is 19.1 Å². The van der Waals surface area contributed by atoms with E-state index in [2.05, 4.69) is 28.9 Å². The van der Waals surface area contributed by atoms with Gasteiger partial charge in [0.2, 0.25) is 0 Å². The van der Waals surface area contributed by atoms with Crippen molar-refractivity contribution in [2.45, 2.75) is 51.2 Å². The van der Waals surface area contributed by atoms with E-state index in [1.54, 1.807) is 0 Å². The SMILES string of the molecule is CCn1c([C@H]2CCCN2C(=O)NC2CC2)nc2ccccc21. The lowest BCUT2D eigenvalue weighted by Crippen LogP contribution is -2.41. The standard InChI is InChI=1S/C17H22N4O/c1-2-20-14-7-4-3-6-13(14)19-16(20)15-8-5-11-21(15)17(22)18-12-9-10-12/h3-4,6-7,12,15H,2,5,8-11H2,1H3,(H,18,22)/t15-/m1/s1. The van der Waals surface area contributed by atoms with Crippen LogP contribution in [0.3, 0.4) is 0 Å². The summed E-state index contributed by atoms with van der Waals surface area (Å²) < 4.78 is 2.25. The maximum Gasteiger partial charge on any atom is 0.318 e. The third-order valence-corrected chi connectivity index (χ3v) is 4.72. The van der Waals surface area contributed by atoms with Gasteiger partial charge in [0.25, 0.3) is 0 Å². The molecule has 5 heteroatoms. The summed E-state index contributed by atoms with van der Waals surface area (Å²) in [4.78, 5) is 19.3. The number of imidazole rings is 1. The van der Waals surface area contributed by atoms with E-state index < -0.39 is 0 Å². The minimum Gasteiger partial charge on any atom is -0.335 e. The number of aromatic nitrogens is 2. The van der Waals surface area contributed by atoms with Gasteiger partial charge in [-0.2, -0.15) is 0 Å². The Labute approximate surface area is 130 Å². The van der Waals surface area contributed by atoms with Crippen molar-refractivity contribution in [3.8, 4) is 0 Å². The second kappa shape index (κ2) is 5.30. The molecule has 1 N–H and O–H groups in total. The summed E-state index contributed by atoms with van der Waals surface area (Å²) in [5, 5.41) is 3.12. The number of likely N-dealkylation sites (tertiary alicyclic amines) is 1. The summed E-state index contributed by atoms with van der Waals surface area (Å²) in [7, 11) is 0. The Morgan fingerprint density at radius 2 is 2.14 bits per heavy atom. The molecule has 0 unspecified atom stereocenters. The van der Waals surface area contributed by atoms with Crippen LogP contribution in [0, 0.1) is 0 Å². The molecule has 2 fully saturated rings. The topological polar surface area (TPSA) is 50.2 Å². The molecule has 1 aromatic heterocycles. The maximum absolute atomic E-state index is 12.5. The second-order valence-corrected chi connectivity index (χ2v) is 6.28. The molecular formula is C17H22N4O. The number of hydrogen-bond donors (Lipinski definition) is 1. The van der Waals surface area contributed by atoms with Crippen molar-refractivity contribution in [3.05, 3.63) is 30.1 Å². The van der Waals surface area contributed by atoms with Gasteiger partial charge in [-0.15, -0.1) is 0 Å². The second-order valence-electron chi connectivity index (χ2n) is 6.28. The summed E-state index contributed by atoms with van der Waals surface area (Å²) in [6, 6.07) is 8.81. The quantitative estimate of drug-likeness (QED) is 0.946. The van der Waals surface area contributed by atoms with Crippen LogP contribution in [0.5, 0.6) is 0 Å². The Balaban J connectivity index is 1.68. The van der Waals surface area contributed by atoms with Crippen LogP contribution in [0.1, 0.15) is 44.5 Å². The Morgan fingerprint density at radius 1 is 1.32 bits per heavy atom. The molecule has 1 aliphatic carbocycles. The zero-order chi connectivity index (χ0) is 15.1. The first-order valence-corrected chi connectivity index (χ1v) is 8.30. The Hall–Kier alpha value is -2.04. The van der Waals surface area contributed by atoms with E-state index in [4.69, 9.17) is 4.98 Å². The van der Waals surface area contributed by atoms with Gasteiger partial charge in [-0.25, -0.2) is 9.78 Å². The van der Waals surface area contributed by atoms with Crippen LogP contribution in [0.25, 0.3) is 11.0 Å². The predicted molar refractivity (Wildman–Crippen MR) is 85.6 cm³/mol. The van der Waals surface area contributed by atoms with Crippen molar-refractivity contribution in [3.63, 3.8) is 0 Å². The zero-order valence-corrected chi connectivity index (χ0v) is 13.0. The number of benzene rings is 1. The molecule has 2 aromatic rings. The largest absolute Gasteiger partial charge is 0.335 e. The van der Waals surface area contributed by atoms with Crippen LogP contribution >= 0.6 is 0 Å². The van der Waals surface area contributed by atoms with Crippen LogP contribution in [0.2, 0.25) is 0 Å². The van der Waals surface area contributed by atoms with Gasteiger partial charge < -0.3 is 14.8 Å². The summed E-state index contributed by atoms with van der Waals surface area (Å²) in [5.74, 6) is 1.03. The molecule has 2 aliphatic rings. The number of nitrogens with zero attached hydrogens (tertiary/aromatic N) is 3. The molecule has 0 spiro atoms. The van der Waals surface area contributed by atoms with Crippen molar-refractivity contribution in [1.82, 2.24) is 19.8 Å². The van der Waals surface area contributed by atoms with Crippen LogP contribution in [-0.4, -0.2) is 33.1 Å². The van der Waals surface area contributed by atoms with E-state index in [-0.39, 0.29) is 12.1 Å². The van der Waals surface area contributed by atoms with Crippen LogP contribution in [0.15, 0.2) is 24.3 Å². The first-order chi connectivity index (χ1) is 10.8. The van der Waals surface area contributed by atoms with Crippen molar-refractivity contribution < 1.29 is 4.79 Å². The molecule has 0 radical (unpaired) electrons. The average molecular weight is 298 g/mol. The van der Waals surface area contributed by atoms with E-state index in [1.807, 2.05) is 17.0 Å². The summed E-state index contributed by atoms with van der Waals surface area (Å²) >= 11 is 0. The van der Waals surface area contributed by atoms with Crippen LogP contribution in [0.4, 0.5) is 4.79 Å². The number of nitrogens with one attached hydrogen (secondary N) is 1. The number of rotatable bonds is 3. The molecule has 2 amide bonds. The van der Waals surface area contributed by atoms with Gasteiger partial charge in [0.15, 0.2) is 0 Å². The van der Waals surface area contributed by atoms with Crippen molar-refractivity contribution >= 4 is 17.1 Å². The molecule has 2 heterocycles. The van der Waals surface area contributed by atoms with Gasteiger partial charge in [-0.3, -0.25) is 0 Å². The van der Waals surface area contributed by atoms with E-state index in [0.717, 1.165) is 55.6 Å². The highest BCUT2D eigenvalue weighted by Gasteiger charge is 2.35. The third-order valence-electron chi connectivity index (χ3n) is 4.72. The fraction of sp³-hybridized carbons (Fsp3) is 0.529. The molecule has 0 bridgehead atoms. The van der Waals surface area contributed by atoms with Gasteiger partial charge in [-0.1, -0.05) is 12.1 Å². The number of aryl methyl sites for hydroxylation is 1. The van der Waals surface area contributed by atoms with E-state index >= 15 is 0 Å². The van der Waals surface area contributed by atoms with Gasteiger partial charge in [0.1, 0.15) is 5.82 Å². The monoisotopic (exact) mass is 298 g/mol. The van der Waals surface area contributed by atoms with Crippen molar-refractivity contribution in [2.24, 2.45) is 0 Å². The molecule has 5 nitrogen and oxygen atoms in total. The highest BCUT2D eigenvalue weighted by Crippen LogP contribution is 2.34. The fourth-order valence-electron chi connectivity index (χ4n) is 3.44. The molecule has 1 aliphatic heterocycles. The van der Waals surface area contributed by atoms with Gasteiger partial charge in [0.05, 0.1) is 17.1 Å². The summed E-state index contributed by atoms with van der Waals surface area (Å²) in [6.45, 7) is 3.85. The Kier molecular flexibility index (Phi) is 3.28. The summed E-state index contributed by atoms with van der Waals surface area (Å²) in [5.41, 5.74) is 2.18. The smallest absolute Gasteiger partial charge is 0.318 e. The van der Waals surface area contributed by atoms with Gasteiger partial charge >= 0.3 is 6.03 Å². The number of urea groups is 1. The number of hydrogen-bond acceptors (Lipinski definition) is 2. The van der Waals surface area contributed by atoms with Crippen LogP contribution in [-0.2, 0) is 6.54 Å². The number of fused-ring (bicyclic) bond motifs is 1. The normalized spacial score (nSPS) is 21.5. The first-order valence-electron chi connectivity index (χ1n) is 8.30. The van der Waals surface area contributed by atoms with E-state index in [9.17, 15) is 4.79 Å². The molecule has 1 atom stereocenters. The van der Waals surface area contributed by atoms with E-state index in [1.165, 1.54) is 0 Å². The highest BCUT2D eigenvalue weighted by molar-refractivity contribution is 5.78. The van der Waals surface area contributed by atoms with Gasteiger partial charge in [-0.05, 0) is 44.7 Å². The summed E-state index contributed by atoms with van der Waals surface area (Å²) in [6.07, 6.45) is 4.30. The highest BCUT2D eigenvalue weighted by atomic mass is 16.2. The van der Waals surface area contributed by atoms with Crippen molar-refractivity contribution in [1.29, 1.82) is 0 Å². The van der Waals surface area contributed by atoms with E-state index in [0.29, 0.717) is 6.04 Å². The molecule has 116 valence electrons. The lowest BCUT2D eigenvalue weighted by molar-refractivity contribution is 0.189. The average Bonchev–Trinajstić information content (AvgIpc) is 3.09. The zero-order valence-electron chi connectivity index (χ0n) is 13.0. The number of para-hydroxylation sites is 2. The number of amides is 2. The predicted octanol–water partition coefficient (Wildman–Crippen LogP) is 3.07. The van der Waals surface area contributed by atoms with Crippen molar-refractivity contribution in [2.75, 3.05) is 6.54 Å². The molecule has 1 saturated heterocycles. The number of carbonyl (C=O) groups is 1. The minimum absolute atomic E-state index is 0.0831. The maximum atomic E-state index is 12.5. The Morgan fingerprint density at radius 3 is 2.91 bits per heavy atom. The lowest BCUT2D eigenvalue weighted by atomic mass is 10.2. The third kappa shape index (κ3) is 2.25. The molecule has 22 heavy (non-hydrogen) atoms. The van der Waals surface area contributed by atoms with Crippen LogP contribution < -0.4 is 5.32 Å². The lowest BCUT2D eigenvalue weighted by Gasteiger charge is -2.25. The fourth-order valence-corrected chi connectivity index (χ4v) is 3.44. The minimum atomic E-state index is 0.0831.